The van der Waals surface area contributed by atoms with Crippen molar-refractivity contribution in [3.63, 3.8) is 0 Å². The largest absolute Gasteiger partial charge is 0.497 e. The van der Waals surface area contributed by atoms with Crippen LogP contribution in [0.25, 0.3) is 0 Å². The third kappa shape index (κ3) is 6.47. The monoisotopic (exact) mass is 453 g/mol. The minimum absolute atomic E-state index is 0.387. The number of amides is 3. The van der Waals surface area contributed by atoms with Gasteiger partial charge in [0.15, 0.2) is 0 Å². The second-order valence-electron chi connectivity index (χ2n) is 8.90. The number of anilines is 1. The van der Waals surface area contributed by atoms with Gasteiger partial charge in [-0.25, -0.2) is 4.79 Å². The van der Waals surface area contributed by atoms with Crippen molar-refractivity contribution in [3.8, 4) is 5.75 Å². The summed E-state index contributed by atoms with van der Waals surface area (Å²) in [6.07, 6.45) is 0.664. The lowest BCUT2D eigenvalue weighted by Crippen LogP contribution is -2.49. The molecule has 2 atom stereocenters. The first-order chi connectivity index (χ1) is 15.7. The quantitative estimate of drug-likeness (QED) is 0.692. The molecule has 2 aromatic carbocycles. The number of benzene rings is 2. The third-order valence-electron chi connectivity index (χ3n) is 5.22. The van der Waals surface area contributed by atoms with E-state index in [4.69, 9.17) is 9.47 Å². The Hall–Kier alpha value is -3.55. The lowest BCUT2D eigenvalue weighted by Gasteiger charge is -2.29. The van der Waals surface area contributed by atoms with E-state index in [1.165, 1.54) is 4.90 Å². The van der Waals surface area contributed by atoms with Crippen LogP contribution >= 0.6 is 0 Å². The summed E-state index contributed by atoms with van der Waals surface area (Å²) >= 11 is 0. The van der Waals surface area contributed by atoms with Crippen molar-refractivity contribution < 1.29 is 23.9 Å². The molecule has 1 heterocycles. The molecule has 0 bridgehead atoms. The number of hydrogen-bond donors (Lipinski definition) is 2. The molecule has 0 aliphatic carbocycles. The molecule has 1 saturated heterocycles. The Labute approximate surface area is 194 Å². The minimum Gasteiger partial charge on any atom is -0.497 e. The van der Waals surface area contributed by atoms with E-state index in [0.29, 0.717) is 36.4 Å². The van der Waals surface area contributed by atoms with Gasteiger partial charge in [0, 0.05) is 12.2 Å². The van der Waals surface area contributed by atoms with Gasteiger partial charge in [-0.1, -0.05) is 30.3 Å². The molecule has 1 aliphatic heterocycles. The van der Waals surface area contributed by atoms with Crippen LogP contribution in [0.4, 0.5) is 10.5 Å². The number of carbonyl (C=O) groups is 3. The van der Waals surface area contributed by atoms with Crippen molar-refractivity contribution in [1.82, 2.24) is 10.2 Å². The third-order valence-corrected chi connectivity index (χ3v) is 5.22. The zero-order valence-electron chi connectivity index (χ0n) is 19.5. The Kier molecular flexibility index (Phi) is 7.58. The van der Waals surface area contributed by atoms with Gasteiger partial charge in [0.05, 0.1) is 7.11 Å². The lowest BCUT2D eigenvalue weighted by atomic mass is 10.0. The summed E-state index contributed by atoms with van der Waals surface area (Å²) in [5.41, 5.74) is 0.553. The average Bonchev–Trinajstić information content (AvgIpc) is 3.27. The summed E-state index contributed by atoms with van der Waals surface area (Å²) in [6, 6.07) is 14.3. The molecule has 2 N–H and O–H groups in total. The van der Waals surface area contributed by atoms with Gasteiger partial charge in [-0.05, 0) is 63.4 Å². The van der Waals surface area contributed by atoms with Crippen LogP contribution in [0.15, 0.2) is 54.6 Å². The van der Waals surface area contributed by atoms with Gasteiger partial charge in [-0.15, -0.1) is 0 Å². The maximum atomic E-state index is 13.2. The predicted octanol–water partition coefficient (Wildman–Crippen LogP) is 3.89. The molecule has 176 valence electrons. The number of likely N-dealkylation sites (tertiary alicyclic amines) is 1. The Morgan fingerprint density at radius 2 is 1.70 bits per heavy atom. The van der Waals surface area contributed by atoms with Crippen molar-refractivity contribution >= 4 is 23.6 Å². The summed E-state index contributed by atoms with van der Waals surface area (Å²) in [7, 11) is 1.57. The molecule has 8 heteroatoms. The first-order valence-corrected chi connectivity index (χ1v) is 11.0. The zero-order chi connectivity index (χ0) is 24.0. The second kappa shape index (κ2) is 10.4. The van der Waals surface area contributed by atoms with E-state index in [-0.39, 0.29) is 5.91 Å². The summed E-state index contributed by atoms with van der Waals surface area (Å²) in [6.45, 7) is 5.78. The number of methoxy groups -OCH3 is 1. The van der Waals surface area contributed by atoms with Gasteiger partial charge >= 0.3 is 6.09 Å². The Morgan fingerprint density at radius 1 is 1.03 bits per heavy atom. The van der Waals surface area contributed by atoms with Crippen LogP contribution in [0.2, 0.25) is 0 Å². The van der Waals surface area contributed by atoms with Gasteiger partial charge in [0.1, 0.15) is 23.4 Å². The first-order valence-electron chi connectivity index (χ1n) is 11.0. The molecule has 0 radical (unpaired) electrons. The van der Waals surface area contributed by atoms with E-state index in [0.717, 1.165) is 0 Å². The molecule has 8 nitrogen and oxygen atoms in total. The van der Waals surface area contributed by atoms with Crippen LogP contribution in [0.5, 0.6) is 5.75 Å². The van der Waals surface area contributed by atoms with Crippen molar-refractivity contribution in [2.45, 2.75) is 51.3 Å². The number of hydrogen-bond acceptors (Lipinski definition) is 5. The van der Waals surface area contributed by atoms with Gasteiger partial charge in [0.2, 0.25) is 5.91 Å². The van der Waals surface area contributed by atoms with E-state index in [9.17, 15) is 14.4 Å². The molecule has 0 spiro atoms. The van der Waals surface area contributed by atoms with Crippen LogP contribution in [0.1, 0.15) is 45.2 Å². The average molecular weight is 454 g/mol. The first kappa shape index (κ1) is 24.1. The molecular formula is C25H31N3O5. The van der Waals surface area contributed by atoms with E-state index in [1.807, 2.05) is 6.07 Å². The highest BCUT2D eigenvalue weighted by atomic mass is 16.6. The summed E-state index contributed by atoms with van der Waals surface area (Å²) < 4.78 is 10.6. The molecule has 0 aromatic heterocycles. The minimum atomic E-state index is -0.929. The molecule has 2 aromatic rings. The smallest absolute Gasteiger partial charge is 0.410 e. The van der Waals surface area contributed by atoms with Crippen molar-refractivity contribution in [3.05, 3.63) is 60.2 Å². The number of carbonyl (C=O) groups excluding carboxylic acids is 3. The molecule has 1 aliphatic rings. The van der Waals surface area contributed by atoms with E-state index < -0.39 is 29.7 Å². The number of nitrogens with one attached hydrogen (secondary N) is 2. The highest BCUT2D eigenvalue weighted by Gasteiger charge is 2.38. The van der Waals surface area contributed by atoms with Crippen LogP contribution in [-0.4, -0.2) is 48.1 Å². The fourth-order valence-electron chi connectivity index (χ4n) is 3.65. The Balaban J connectivity index is 1.76. The van der Waals surface area contributed by atoms with Gasteiger partial charge in [-0.2, -0.15) is 0 Å². The number of ether oxygens (including phenoxy) is 2. The number of rotatable bonds is 6. The fraction of sp³-hybridized carbons (Fsp3) is 0.400. The van der Waals surface area contributed by atoms with Gasteiger partial charge in [-0.3, -0.25) is 14.5 Å². The van der Waals surface area contributed by atoms with Crippen LogP contribution < -0.4 is 15.4 Å². The fourth-order valence-corrected chi connectivity index (χ4v) is 3.65. The molecule has 3 amide bonds. The normalized spacial score (nSPS) is 16.6. The Morgan fingerprint density at radius 3 is 2.30 bits per heavy atom. The second-order valence-corrected chi connectivity index (χ2v) is 8.90. The van der Waals surface area contributed by atoms with E-state index in [1.54, 1.807) is 76.4 Å². The molecule has 33 heavy (non-hydrogen) atoms. The van der Waals surface area contributed by atoms with E-state index >= 15 is 0 Å². The predicted molar refractivity (Wildman–Crippen MR) is 125 cm³/mol. The van der Waals surface area contributed by atoms with Crippen molar-refractivity contribution in [2.75, 3.05) is 19.0 Å². The maximum absolute atomic E-state index is 13.2. The Bertz CT molecular complexity index is 970. The molecular weight excluding hydrogens is 422 g/mol. The molecule has 0 saturated carbocycles. The summed E-state index contributed by atoms with van der Waals surface area (Å²) in [4.78, 5) is 40.4. The van der Waals surface area contributed by atoms with Gasteiger partial charge < -0.3 is 20.1 Å². The van der Waals surface area contributed by atoms with Gasteiger partial charge in [0.25, 0.3) is 5.91 Å². The highest BCUT2D eigenvalue weighted by Crippen LogP contribution is 2.23. The van der Waals surface area contributed by atoms with Crippen molar-refractivity contribution in [1.29, 1.82) is 0 Å². The topological polar surface area (TPSA) is 97.0 Å². The van der Waals surface area contributed by atoms with Crippen LogP contribution in [-0.2, 0) is 14.3 Å². The van der Waals surface area contributed by atoms with E-state index in [2.05, 4.69) is 10.6 Å². The number of nitrogens with zero attached hydrogens (tertiary/aromatic N) is 1. The van der Waals surface area contributed by atoms with Crippen LogP contribution in [0.3, 0.4) is 0 Å². The van der Waals surface area contributed by atoms with Crippen molar-refractivity contribution in [2.24, 2.45) is 0 Å². The lowest BCUT2D eigenvalue weighted by molar-refractivity contribution is -0.129. The molecule has 1 fully saturated rings. The zero-order valence-corrected chi connectivity index (χ0v) is 19.5. The maximum Gasteiger partial charge on any atom is 0.410 e. The molecule has 3 rings (SSSR count). The standard InChI is InChI=1S/C25H31N3O5/c1-25(2,3)33-24(31)28-16-8-11-20(28)22(29)27-21(17-9-6-5-7-10-17)23(30)26-18-12-14-19(32-4)15-13-18/h5-7,9-10,12-15,20-21H,8,11,16H2,1-4H3,(H,26,30)(H,27,29)/t20-,21+/m0/s1. The summed E-state index contributed by atoms with van der Waals surface area (Å²) in [5, 5.41) is 5.68. The summed E-state index contributed by atoms with van der Waals surface area (Å²) in [5.74, 6) is -0.108. The van der Waals surface area contributed by atoms with Crippen LogP contribution in [0, 0.1) is 0 Å². The SMILES string of the molecule is COc1ccc(NC(=O)[C@H](NC(=O)[C@@H]2CCCN2C(=O)OC(C)(C)C)c2ccccc2)cc1. The molecule has 0 unspecified atom stereocenters. The highest BCUT2D eigenvalue weighted by molar-refractivity contribution is 5.99.